The minimum absolute atomic E-state index is 0.129. The van der Waals surface area contributed by atoms with Crippen LogP contribution in [0.4, 0.5) is 5.13 Å². The Kier molecular flexibility index (Phi) is 4.49. The second kappa shape index (κ2) is 6.48. The van der Waals surface area contributed by atoms with Crippen molar-refractivity contribution in [1.82, 2.24) is 15.5 Å². The van der Waals surface area contributed by atoms with Crippen molar-refractivity contribution in [2.45, 2.75) is 55.8 Å². The van der Waals surface area contributed by atoms with E-state index in [4.69, 9.17) is 0 Å². The number of nitrogens with one attached hydrogen (secondary N) is 2. The van der Waals surface area contributed by atoms with Gasteiger partial charge in [0, 0.05) is 13.1 Å². The summed E-state index contributed by atoms with van der Waals surface area (Å²) in [6.45, 7) is 2.24. The van der Waals surface area contributed by atoms with E-state index in [1.165, 1.54) is 61.6 Å². The maximum Gasteiger partial charge on any atom is 0.230 e. The van der Waals surface area contributed by atoms with E-state index in [-0.39, 0.29) is 5.91 Å². The minimum Gasteiger partial charge on any atom is -0.363 e. The van der Waals surface area contributed by atoms with Crippen LogP contribution in [-0.2, 0) is 4.79 Å². The molecule has 24 heavy (non-hydrogen) atoms. The summed E-state index contributed by atoms with van der Waals surface area (Å²) in [4.78, 5) is 12.4. The van der Waals surface area contributed by atoms with Gasteiger partial charge in [-0.25, -0.2) is 0 Å². The maximum atomic E-state index is 12.4. The quantitative estimate of drug-likeness (QED) is 0.756. The number of carbonyl (C=O) groups excluding carboxylic acids is 1. The van der Waals surface area contributed by atoms with E-state index in [1.807, 2.05) is 7.05 Å². The first-order valence-electron chi connectivity index (χ1n) is 9.00. The Morgan fingerprint density at radius 2 is 1.88 bits per heavy atom. The molecule has 1 heterocycles. The molecule has 0 aliphatic heterocycles. The Labute approximate surface area is 151 Å². The first-order valence-corrected chi connectivity index (χ1v) is 10.8. The number of thioether (sulfide) groups is 1. The monoisotopic (exact) mass is 366 g/mol. The Balaban J connectivity index is 1.32. The number of rotatable bonds is 6. The number of amides is 1. The fourth-order valence-electron chi connectivity index (χ4n) is 5.64. The highest BCUT2D eigenvalue weighted by molar-refractivity contribution is 8.01. The summed E-state index contributed by atoms with van der Waals surface area (Å²) >= 11 is 2.97. The molecule has 0 radical (unpaired) electrons. The van der Waals surface area contributed by atoms with Gasteiger partial charge in [-0.15, -0.1) is 10.2 Å². The summed E-state index contributed by atoms with van der Waals surface area (Å²) < 4.78 is 0.844. The zero-order chi connectivity index (χ0) is 16.7. The third kappa shape index (κ3) is 3.17. The lowest BCUT2D eigenvalue weighted by molar-refractivity contribution is -0.123. The van der Waals surface area contributed by atoms with Crippen LogP contribution in [0.2, 0.25) is 0 Å². The molecule has 0 unspecified atom stereocenters. The molecule has 0 aromatic carbocycles. The third-order valence-corrected chi connectivity index (χ3v) is 8.40. The summed E-state index contributed by atoms with van der Waals surface area (Å²) in [5.41, 5.74) is 0.372. The second-order valence-corrected chi connectivity index (χ2v) is 10.2. The zero-order valence-electron chi connectivity index (χ0n) is 14.4. The normalized spacial score (nSPS) is 35.0. The molecule has 4 fully saturated rings. The number of anilines is 1. The van der Waals surface area contributed by atoms with Gasteiger partial charge in [-0.05, 0) is 68.6 Å². The Hall–Kier alpha value is -0.820. The molecule has 1 atom stereocenters. The molecule has 0 saturated heterocycles. The van der Waals surface area contributed by atoms with Gasteiger partial charge in [0.25, 0.3) is 0 Å². The Morgan fingerprint density at radius 1 is 1.25 bits per heavy atom. The highest BCUT2D eigenvalue weighted by Crippen LogP contribution is 2.61. The van der Waals surface area contributed by atoms with Crippen LogP contribution in [-0.4, -0.2) is 34.9 Å². The standard InChI is InChI=1S/C17H26N4OS2/c1-10(17-6-11-3-12(7-17)5-13(4-11)8-17)19-14(22)9-23-16-21-20-15(18-2)24-16/h10-13H,3-9H2,1-2H3,(H,18,20)(H,19,22)/t10-,11?,12?,13?,17?/m1/s1. The van der Waals surface area contributed by atoms with E-state index in [0.29, 0.717) is 17.2 Å². The highest BCUT2D eigenvalue weighted by Gasteiger charge is 2.53. The lowest BCUT2D eigenvalue weighted by Gasteiger charge is -2.59. The van der Waals surface area contributed by atoms with E-state index < -0.39 is 0 Å². The smallest absolute Gasteiger partial charge is 0.230 e. The van der Waals surface area contributed by atoms with Crippen molar-refractivity contribution in [3.8, 4) is 0 Å². The fourth-order valence-corrected chi connectivity index (χ4v) is 7.16. The highest BCUT2D eigenvalue weighted by atomic mass is 32.2. The summed E-state index contributed by atoms with van der Waals surface area (Å²) in [5.74, 6) is 3.32. The van der Waals surface area contributed by atoms with Gasteiger partial charge in [0.2, 0.25) is 11.0 Å². The zero-order valence-corrected chi connectivity index (χ0v) is 16.0. The molecule has 1 amide bonds. The number of aromatic nitrogens is 2. The summed E-state index contributed by atoms with van der Waals surface area (Å²) in [6, 6.07) is 0.293. The third-order valence-electron chi connectivity index (χ3n) is 6.33. The van der Waals surface area contributed by atoms with E-state index in [9.17, 15) is 4.79 Å². The molecule has 5 rings (SSSR count). The SMILES string of the molecule is CNc1nnc(SCC(=O)N[C@H](C)C23CC4CC(CC(C4)C2)C3)s1. The van der Waals surface area contributed by atoms with Gasteiger partial charge in [0.15, 0.2) is 4.34 Å². The van der Waals surface area contributed by atoms with Crippen LogP contribution in [0, 0.1) is 23.2 Å². The predicted octanol–water partition coefficient (Wildman–Crippen LogP) is 3.39. The van der Waals surface area contributed by atoms with E-state index in [1.54, 1.807) is 0 Å². The first kappa shape index (κ1) is 16.6. The van der Waals surface area contributed by atoms with Crippen LogP contribution in [0.15, 0.2) is 4.34 Å². The van der Waals surface area contributed by atoms with Crippen LogP contribution in [0.1, 0.15) is 45.4 Å². The fraction of sp³-hybridized carbons (Fsp3) is 0.824. The van der Waals surface area contributed by atoms with Crippen LogP contribution < -0.4 is 10.6 Å². The Bertz CT molecular complexity index is 582. The maximum absolute atomic E-state index is 12.4. The topological polar surface area (TPSA) is 66.9 Å². The van der Waals surface area contributed by atoms with Crippen molar-refractivity contribution < 1.29 is 4.79 Å². The number of carbonyl (C=O) groups is 1. The minimum atomic E-state index is 0.129. The molecule has 1 aromatic rings. The molecular weight excluding hydrogens is 340 g/mol. The van der Waals surface area contributed by atoms with E-state index in [2.05, 4.69) is 27.8 Å². The van der Waals surface area contributed by atoms with Gasteiger partial charge < -0.3 is 10.6 Å². The Morgan fingerprint density at radius 3 is 2.42 bits per heavy atom. The average molecular weight is 367 g/mol. The molecule has 4 aliphatic carbocycles. The van der Waals surface area contributed by atoms with Crippen LogP contribution in [0.25, 0.3) is 0 Å². The lowest BCUT2D eigenvalue weighted by atomic mass is 9.48. The van der Waals surface area contributed by atoms with E-state index >= 15 is 0 Å². The van der Waals surface area contributed by atoms with Gasteiger partial charge in [0.05, 0.1) is 5.75 Å². The van der Waals surface area contributed by atoms with Crippen molar-refractivity contribution in [2.24, 2.45) is 23.2 Å². The molecule has 0 spiro atoms. The van der Waals surface area contributed by atoms with Gasteiger partial charge in [-0.3, -0.25) is 4.79 Å². The molecule has 1 aromatic heterocycles. The van der Waals surface area contributed by atoms with Crippen LogP contribution in [0.5, 0.6) is 0 Å². The molecule has 2 N–H and O–H groups in total. The number of nitrogens with zero attached hydrogens (tertiary/aromatic N) is 2. The number of hydrogen-bond acceptors (Lipinski definition) is 6. The van der Waals surface area contributed by atoms with Crippen molar-refractivity contribution in [1.29, 1.82) is 0 Å². The van der Waals surface area contributed by atoms with Crippen molar-refractivity contribution in [2.75, 3.05) is 18.1 Å². The predicted molar refractivity (Wildman–Crippen MR) is 98.4 cm³/mol. The molecule has 4 aliphatic rings. The van der Waals surface area contributed by atoms with Crippen LogP contribution in [0.3, 0.4) is 0 Å². The lowest BCUT2D eigenvalue weighted by Crippen LogP contribution is -2.56. The average Bonchev–Trinajstić information content (AvgIpc) is 2.99. The van der Waals surface area contributed by atoms with Gasteiger partial charge >= 0.3 is 0 Å². The number of hydrogen-bond donors (Lipinski definition) is 2. The van der Waals surface area contributed by atoms with Crippen molar-refractivity contribution in [3.63, 3.8) is 0 Å². The van der Waals surface area contributed by atoms with Crippen molar-refractivity contribution >= 4 is 34.1 Å². The molecule has 132 valence electrons. The van der Waals surface area contributed by atoms with Gasteiger partial charge in [-0.2, -0.15) is 0 Å². The molecule has 7 heteroatoms. The van der Waals surface area contributed by atoms with Crippen LogP contribution >= 0.6 is 23.1 Å². The second-order valence-electron chi connectivity index (χ2n) is 7.98. The largest absolute Gasteiger partial charge is 0.363 e. The molecule has 5 nitrogen and oxygen atoms in total. The summed E-state index contributed by atoms with van der Waals surface area (Å²) in [7, 11) is 1.83. The molecular formula is C17H26N4OS2. The molecule has 4 bridgehead atoms. The van der Waals surface area contributed by atoms with Gasteiger partial charge in [0.1, 0.15) is 0 Å². The summed E-state index contributed by atoms with van der Waals surface area (Å²) in [5, 5.41) is 15.2. The summed E-state index contributed by atoms with van der Waals surface area (Å²) in [6.07, 6.45) is 8.32. The van der Waals surface area contributed by atoms with Crippen molar-refractivity contribution in [3.05, 3.63) is 0 Å². The van der Waals surface area contributed by atoms with E-state index in [0.717, 1.165) is 27.2 Å². The molecule has 4 saturated carbocycles. The van der Waals surface area contributed by atoms with Gasteiger partial charge in [-0.1, -0.05) is 23.1 Å². The first-order chi connectivity index (χ1) is 11.6.